The maximum atomic E-state index is 10.6. The number of phenolic OH excluding ortho intramolecular Hbond substituents is 1. The van der Waals surface area contributed by atoms with E-state index in [1.165, 1.54) is 22.3 Å². The van der Waals surface area contributed by atoms with Crippen molar-refractivity contribution in [2.24, 2.45) is 0 Å². The molecule has 0 radical (unpaired) electrons. The number of hydrogen-bond acceptors (Lipinski definition) is 9. The summed E-state index contributed by atoms with van der Waals surface area (Å²) >= 11 is 0. The van der Waals surface area contributed by atoms with Crippen LogP contribution in [0.25, 0.3) is 11.1 Å². The van der Waals surface area contributed by atoms with E-state index in [2.05, 4.69) is 42.1 Å². The standard InChI is InChI=1S/C39H44N2O7/c1-40-14-12-23-17-32(43-3)31(42)20-26(23)29(40)16-22-8-10-25(11-9-22)48-37-28-19-30-35-24(13-15-41(30)2)18-33(44-4)38(46-6)36(35)27(28)21-34(45-5)39(37)47-7/h8-11,17-18,20-21,29-30,42H,12-16,19H2,1-7H3/t29-,30-/m0/s1. The number of phenols is 1. The third kappa shape index (κ3) is 5.25. The van der Waals surface area contributed by atoms with Gasteiger partial charge in [0.2, 0.25) is 5.75 Å². The number of rotatable bonds is 9. The first-order valence-corrected chi connectivity index (χ1v) is 16.4. The molecule has 0 bridgehead atoms. The summed E-state index contributed by atoms with van der Waals surface area (Å²) in [5, 5.41) is 10.6. The molecule has 0 fully saturated rings. The van der Waals surface area contributed by atoms with Gasteiger partial charge in [-0.15, -0.1) is 0 Å². The van der Waals surface area contributed by atoms with Gasteiger partial charge in [0, 0.05) is 36.3 Å². The number of nitrogens with zero attached hydrogens (tertiary/aromatic N) is 2. The Bertz CT molecular complexity index is 1860. The van der Waals surface area contributed by atoms with Crippen LogP contribution in [0.1, 0.15) is 45.5 Å². The maximum Gasteiger partial charge on any atom is 0.204 e. The first-order valence-electron chi connectivity index (χ1n) is 16.4. The lowest BCUT2D eigenvalue weighted by Crippen LogP contribution is -2.36. The predicted octanol–water partition coefficient (Wildman–Crippen LogP) is 6.75. The van der Waals surface area contributed by atoms with Gasteiger partial charge in [0.15, 0.2) is 34.5 Å². The van der Waals surface area contributed by atoms with Gasteiger partial charge >= 0.3 is 0 Å². The average Bonchev–Trinajstić information content (AvgIpc) is 3.10. The van der Waals surface area contributed by atoms with Crippen molar-refractivity contribution in [3.8, 4) is 57.1 Å². The van der Waals surface area contributed by atoms with Crippen molar-refractivity contribution in [2.45, 2.75) is 37.8 Å². The first kappa shape index (κ1) is 32.0. The minimum atomic E-state index is 0.132. The summed E-state index contributed by atoms with van der Waals surface area (Å²) in [7, 11) is 12.6. The van der Waals surface area contributed by atoms with E-state index in [9.17, 15) is 5.11 Å². The molecule has 4 aromatic carbocycles. The molecule has 4 aromatic rings. The van der Waals surface area contributed by atoms with Crippen LogP contribution >= 0.6 is 0 Å². The van der Waals surface area contributed by atoms with Gasteiger partial charge < -0.3 is 33.5 Å². The van der Waals surface area contributed by atoms with Gasteiger partial charge in [0.25, 0.3) is 0 Å². The molecule has 0 amide bonds. The van der Waals surface area contributed by atoms with Crippen molar-refractivity contribution >= 4 is 0 Å². The molecule has 2 atom stereocenters. The summed E-state index contributed by atoms with van der Waals surface area (Å²) in [5.41, 5.74) is 9.14. The number of ether oxygens (including phenoxy) is 6. The van der Waals surface area contributed by atoms with Crippen molar-refractivity contribution in [3.05, 3.63) is 81.9 Å². The second-order valence-electron chi connectivity index (χ2n) is 12.9. The smallest absolute Gasteiger partial charge is 0.204 e. The van der Waals surface area contributed by atoms with E-state index < -0.39 is 0 Å². The van der Waals surface area contributed by atoms with Crippen molar-refractivity contribution in [1.82, 2.24) is 9.80 Å². The van der Waals surface area contributed by atoms with Gasteiger partial charge in [-0.3, -0.25) is 9.80 Å². The Morgan fingerprint density at radius 1 is 0.708 bits per heavy atom. The van der Waals surface area contributed by atoms with Gasteiger partial charge in [-0.2, -0.15) is 0 Å². The molecule has 252 valence electrons. The van der Waals surface area contributed by atoms with Gasteiger partial charge in [-0.1, -0.05) is 12.1 Å². The average molecular weight is 653 g/mol. The van der Waals surface area contributed by atoms with E-state index in [1.54, 1.807) is 35.5 Å². The van der Waals surface area contributed by atoms with E-state index in [4.69, 9.17) is 28.4 Å². The molecule has 7 rings (SSSR count). The number of benzene rings is 4. The molecule has 0 spiro atoms. The monoisotopic (exact) mass is 652 g/mol. The molecular formula is C39H44N2O7. The summed E-state index contributed by atoms with van der Waals surface area (Å²) in [6, 6.07) is 16.5. The molecule has 0 saturated carbocycles. The van der Waals surface area contributed by atoms with Gasteiger partial charge in [-0.25, -0.2) is 0 Å². The number of aromatic hydroxyl groups is 1. The lowest BCUT2D eigenvalue weighted by atomic mass is 9.76. The highest BCUT2D eigenvalue weighted by atomic mass is 16.5. The second-order valence-corrected chi connectivity index (χ2v) is 12.9. The van der Waals surface area contributed by atoms with Crippen LogP contribution in [0.2, 0.25) is 0 Å². The van der Waals surface area contributed by atoms with E-state index in [0.29, 0.717) is 34.5 Å². The van der Waals surface area contributed by atoms with E-state index in [-0.39, 0.29) is 17.8 Å². The zero-order valence-electron chi connectivity index (χ0n) is 28.8. The van der Waals surface area contributed by atoms with Crippen LogP contribution in [0.3, 0.4) is 0 Å². The number of methoxy groups -OCH3 is 5. The van der Waals surface area contributed by atoms with Crippen molar-refractivity contribution < 1.29 is 33.5 Å². The van der Waals surface area contributed by atoms with E-state index in [1.807, 2.05) is 30.3 Å². The van der Waals surface area contributed by atoms with Gasteiger partial charge in [0.05, 0.1) is 35.5 Å². The van der Waals surface area contributed by atoms with E-state index in [0.717, 1.165) is 66.8 Å². The molecule has 9 nitrogen and oxygen atoms in total. The molecular weight excluding hydrogens is 608 g/mol. The SMILES string of the molecule is COc1cc2c(cc1O)[C@H](Cc1ccc(Oc3c4c(cc(OC)c3OC)-c3c(OC)c(OC)cc5c3[C@H](C4)N(C)CC5)cc1)N(C)CC2. The lowest BCUT2D eigenvalue weighted by molar-refractivity contribution is 0.225. The third-order valence-electron chi connectivity index (χ3n) is 10.4. The normalized spacial score (nSPS) is 18.3. The highest BCUT2D eigenvalue weighted by Gasteiger charge is 2.39. The molecule has 2 aliphatic heterocycles. The Hall–Kier alpha value is -4.60. The highest BCUT2D eigenvalue weighted by Crippen LogP contribution is 2.57. The zero-order chi connectivity index (χ0) is 33.7. The fraction of sp³-hybridized carbons (Fsp3) is 0.385. The second kappa shape index (κ2) is 12.8. The molecule has 9 heteroatoms. The van der Waals surface area contributed by atoms with Crippen molar-refractivity contribution in [1.29, 1.82) is 0 Å². The highest BCUT2D eigenvalue weighted by molar-refractivity contribution is 5.87. The van der Waals surface area contributed by atoms with Crippen molar-refractivity contribution in [2.75, 3.05) is 62.7 Å². The quantitative estimate of drug-likeness (QED) is 0.211. The minimum absolute atomic E-state index is 0.132. The number of hydrogen-bond donors (Lipinski definition) is 1. The fourth-order valence-electron chi connectivity index (χ4n) is 7.88. The Morgan fingerprint density at radius 2 is 1.35 bits per heavy atom. The van der Waals surface area contributed by atoms with Crippen molar-refractivity contribution in [3.63, 3.8) is 0 Å². The minimum Gasteiger partial charge on any atom is -0.504 e. The molecule has 3 aliphatic rings. The maximum absolute atomic E-state index is 10.6. The summed E-state index contributed by atoms with van der Waals surface area (Å²) in [4.78, 5) is 4.76. The topological polar surface area (TPSA) is 82.1 Å². The first-order chi connectivity index (χ1) is 23.3. The van der Waals surface area contributed by atoms with Crippen LogP contribution in [0, 0.1) is 0 Å². The van der Waals surface area contributed by atoms with Crippen LogP contribution in [0.4, 0.5) is 0 Å². The summed E-state index contributed by atoms with van der Waals surface area (Å²) in [5.74, 6) is 4.60. The number of fused-ring (bicyclic) bond motifs is 3. The molecule has 2 heterocycles. The molecule has 1 N–H and O–H groups in total. The largest absolute Gasteiger partial charge is 0.504 e. The lowest BCUT2D eigenvalue weighted by Gasteiger charge is -2.41. The molecule has 1 aliphatic carbocycles. The Balaban J connectivity index is 1.27. The zero-order valence-corrected chi connectivity index (χ0v) is 28.8. The third-order valence-corrected chi connectivity index (χ3v) is 10.4. The fourth-order valence-corrected chi connectivity index (χ4v) is 7.88. The molecule has 0 aromatic heterocycles. The molecule has 0 saturated heterocycles. The predicted molar refractivity (Wildman–Crippen MR) is 185 cm³/mol. The summed E-state index contributed by atoms with van der Waals surface area (Å²) < 4.78 is 35.9. The molecule has 0 unspecified atom stereocenters. The van der Waals surface area contributed by atoms with Crippen LogP contribution < -0.4 is 28.4 Å². The molecule has 48 heavy (non-hydrogen) atoms. The Kier molecular flexibility index (Phi) is 8.51. The summed E-state index contributed by atoms with van der Waals surface area (Å²) in [6.07, 6.45) is 3.40. The Morgan fingerprint density at radius 3 is 2.04 bits per heavy atom. The van der Waals surface area contributed by atoms with Crippen LogP contribution in [0.5, 0.6) is 46.0 Å². The Labute approximate surface area is 282 Å². The number of likely N-dealkylation sites (N-methyl/N-ethyl adjacent to an activating group) is 2. The van der Waals surface area contributed by atoms with Crippen LogP contribution in [-0.2, 0) is 25.7 Å². The van der Waals surface area contributed by atoms with Gasteiger partial charge in [-0.05, 0) is 110 Å². The van der Waals surface area contributed by atoms with E-state index >= 15 is 0 Å². The van der Waals surface area contributed by atoms with Gasteiger partial charge in [0.1, 0.15) is 5.75 Å². The van der Waals surface area contributed by atoms with Crippen LogP contribution in [-0.4, -0.2) is 77.6 Å². The summed E-state index contributed by atoms with van der Waals surface area (Å²) in [6.45, 7) is 1.88. The van der Waals surface area contributed by atoms with Crippen LogP contribution in [0.15, 0.2) is 48.5 Å².